The number of aliphatic hydroxyl groups excluding tert-OH is 1. The van der Waals surface area contributed by atoms with E-state index in [4.69, 9.17) is 0 Å². The van der Waals surface area contributed by atoms with Gasteiger partial charge in [-0.05, 0) is 25.5 Å². The van der Waals surface area contributed by atoms with Gasteiger partial charge in [0.1, 0.15) is 6.04 Å². The maximum Gasteiger partial charge on any atom is 0.326 e. The summed E-state index contributed by atoms with van der Waals surface area (Å²) in [5.41, 5.74) is 1.96. The van der Waals surface area contributed by atoms with E-state index in [9.17, 15) is 15.0 Å². The fourth-order valence-corrected chi connectivity index (χ4v) is 2.35. The van der Waals surface area contributed by atoms with Gasteiger partial charge in [0, 0.05) is 12.1 Å². The first-order valence-electron chi connectivity index (χ1n) is 5.79. The van der Waals surface area contributed by atoms with Crippen molar-refractivity contribution in [2.24, 2.45) is 0 Å². The Kier molecular flexibility index (Phi) is 3.07. The van der Waals surface area contributed by atoms with Crippen LogP contribution in [0.25, 0.3) is 0 Å². The normalized spacial score (nSPS) is 22.1. The van der Waals surface area contributed by atoms with Crippen molar-refractivity contribution in [1.29, 1.82) is 0 Å². The van der Waals surface area contributed by atoms with Crippen molar-refractivity contribution in [3.63, 3.8) is 0 Å². The lowest BCUT2D eigenvalue weighted by Gasteiger charge is -2.33. The fraction of sp³-hybridized carbons (Fsp3) is 0.462. The topological polar surface area (TPSA) is 60.8 Å². The van der Waals surface area contributed by atoms with Gasteiger partial charge in [-0.1, -0.05) is 18.2 Å². The third kappa shape index (κ3) is 2.00. The summed E-state index contributed by atoms with van der Waals surface area (Å²) in [6, 6.07) is 6.88. The van der Waals surface area contributed by atoms with E-state index >= 15 is 0 Å². The summed E-state index contributed by atoms with van der Waals surface area (Å²) in [4.78, 5) is 13.1. The second-order valence-electron chi connectivity index (χ2n) is 4.58. The van der Waals surface area contributed by atoms with E-state index < -0.39 is 18.1 Å². The van der Waals surface area contributed by atoms with Gasteiger partial charge in [0.15, 0.2) is 0 Å². The number of fused-ring (bicyclic) bond motifs is 1. The Morgan fingerprint density at radius 2 is 2.06 bits per heavy atom. The van der Waals surface area contributed by atoms with Crippen LogP contribution in [-0.4, -0.2) is 34.4 Å². The molecular weight excluding hydrogens is 218 g/mol. The first kappa shape index (κ1) is 11.9. The van der Waals surface area contributed by atoms with E-state index in [-0.39, 0.29) is 6.04 Å². The van der Waals surface area contributed by atoms with Gasteiger partial charge in [0.05, 0.1) is 12.1 Å². The lowest BCUT2D eigenvalue weighted by atomic mass is 10.1. The Hall–Kier alpha value is -1.55. The number of rotatable bonds is 3. The molecule has 0 aliphatic carbocycles. The highest BCUT2D eigenvalue weighted by Crippen LogP contribution is 2.34. The summed E-state index contributed by atoms with van der Waals surface area (Å²) in [5.74, 6) is -0.839. The average molecular weight is 235 g/mol. The molecule has 0 bridgehead atoms. The molecule has 0 saturated heterocycles. The average Bonchev–Trinajstić information content (AvgIpc) is 2.67. The molecule has 1 aliphatic rings. The minimum Gasteiger partial charge on any atom is -0.480 e. The van der Waals surface area contributed by atoms with Gasteiger partial charge in [-0.2, -0.15) is 0 Å². The first-order valence-corrected chi connectivity index (χ1v) is 5.79. The van der Waals surface area contributed by atoms with E-state index in [0.717, 1.165) is 11.3 Å². The van der Waals surface area contributed by atoms with Crippen molar-refractivity contribution in [2.75, 3.05) is 4.90 Å². The molecule has 2 rings (SSSR count). The smallest absolute Gasteiger partial charge is 0.326 e. The molecule has 92 valence electrons. The molecule has 4 heteroatoms. The summed E-state index contributed by atoms with van der Waals surface area (Å²) < 4.78 is 0. The summed E-state index contributed by atoms with van der Waals surface area (Å²) in [5, 5.41) is 18.9. The van der Waals surface area contributed by atoms with Crippen LogP contribution in [0.15, 0.2) is 24.3 Å². The van der Waals surface area contributed by atoms with Crippen molar-refractivity contribution < 1.29 is 15.0 Å². The number of benzene rings is 1. The summed E-state index contributed by atoms with van der Waals surface area (Å²) in [6.45, 7) is 3.53. The number of hydrogen-bond donors (Lipinski definition) is 2. The second kappa shape index (κ2) is 4.37. The quantitative estimate of drug-likeness (QED) is 0.828. The monoisotopic (exact) mass is 235 g/mol. The Morgan fingerprint density at radius 3 is 2.65 bits per heavy atom. The summed E-state index contributed by atoms with van der Waals surface area (Å²) in [7, 11) is 0. The van der Waals surface area contributed by atoms with Crippen LogP contribution in [0.5, 0.6) is 0 Å². The zero-order chi connectivity index (χ0) is 12.6. The van der Waals surface area contributed by atoms with Crippen molar-refractivity contribution in [2.45, 2.75) is 38.5 Å². The predicted octanol–water partition coefficient (Wildman–Crippen LogP) is 1.27. The van der Waals surface area contributed by atoms with Crippen molar-refractivity contribution in [3.05, 3.63) is 29.8 Å². The van der Waals surface area contributed by atoms with E-state index in [1.807, 2.05) is 36.1 Å². The standard InChI is InChI=1S/C13H17NO3/c1-8(9(2)15)14-11-6-4-3-5-10(11)7-12(14)13(16)17/h3-6,8-9,12,15H,7H2,1-2H3,(H,16,17). The zero-order valence-corrected chi connectivity index (χ0v) is 10.00. The molecular formula is C13H17NO3. The first-order chi connectivity index (χ1) is 8.02. The minimum atomic E-state index is -0.839. The highest BCUT2D eigenvalue weighted by atomic mass is 16.4. The van der Waals surface area contributed by atoms with Gasteiger partial charge in [0.2, 0.25) is 0 Å². The summed E-state index contributed by atoms with van der Waals surface area (Å²) >= 11 is 0. The van der Waals surface area contributed by atoms with Crippen LogP contribution >= 0.6 is 0 Å². The highest BCUT2D eigenvalue weighted by Gasteiger charge is 2.38. The highest BCUT2D eigenvalue weighted by molar-refractivity contribution is 5.82. The predicted molar refractivity (Wildman–Crippen MR) is 65.2 cm³/mol. The van der Waals surface area contributed by atoms with E-state index in [1.165, 1.54) is 0 Å². The maximum absolute atomic E-state index is 11.3. The molecule has 17 heavy (non-hydrogen) atoms. The van der Waals surface area contributed by atoms with Crippen molar-refractivity contribution >= 4 is 11.7 Å². The second-order valence-corrected chi connectivity index (χ2v) is 4.58. The Labute approximate surface area is 100 Å². The van der Waals surface area contributed by atoms with Gasteiger partial charge in [-0.25, -0.2) is 4.79 Å². The third-order valence-electron chi connectivity index (χ3n) is 3.44. The molecule has 4 nitrogen and oxygen atoms in total. The van der Waals surface area contributed by atoms with Crippen LogP contribution in [0.2, 0.25) is 0 Å². The minimum absolute atomic E-state index is 0.209. The molecule has 0 spiro atoms. The Bertz CT molecular complexity index is 430. The van der Waals surface area contributed by atoms with Crippen molar-refractivity contribution in [1.82, 2.24) is 0 Å². The molecule has 1 aliphatic heterocycles. The van der Waals surface area contributed by atoms with Gasteiger partial charge < -0.3 is 15.1 Å². The molecule has 3 atom stereocenters. The molecule has 0 saturated carbocycles. The van der Waals surface area contributed by atoms with Crippen LogP contribution in [0.4, 0.5) is 5.69 Å². The number of hydrogen-bond acceptors (Lipinski definition) is 3. The van der Waals surface area contributed by atoms with Crippen LogP contribution in [-0.2, 0) is 11.2 Å². The van der Waals surface area contributed by atoms with Crippen LogP contribution in [0.3, 0.4) is 0 Å². The van der Waals surface area contributed by atoms with E-state index in [2.05, 4.69) is 0 Å². The molecule has 0 radical (unpaired) electrons. The molecule has 1 heterocycles. The fourth-order valence-electron chi connectivity index (χ4n) is 2.35. The number of carboxylic acids is 1. The molecule has 1 aromatic rings. The number of aliphatic carboxylic acids is 1. The number of para-hydroxylation sites is 1. The van der Waals surface area contributed by atoms with Gasteiger partial charge in [-0.15, -0.1) is 0 Å². The number of nitrogens with zero attached hydrogens (tertiary/aromatic N) is 1. The number of anilines is 1. The molecule has 0 amide bonds. The molecule has 1 aromatic carbocycles. The number of carbonyl (C=O) groups is 1. The SMILES string of the molecule is CC(O)C(C)N1c2ccccc2CC1C(=O)O. The number of carboxylic acid groups (broad SMARTS) is 1. The molecule has 2 N–H and O–H groups in total. The Morgan fingerprint density at radius 1 is 1.41 bits per heavy atom. The Balaban J connectivity index is 2.40. The molecule has 0 aromatic heterocycles. The third-order valence-corrected chi connectivity index (χ3v) is 3.44. The lowest BCUT2D eigenvalue weighted by molar-refractivity contribution is -0.138. The van der Waals surface area contributed by atoms with Gasteiger partial charge in [0.25, 0.3) is 0 Å². The molecule has 0 fully saturated rings. The number of aliphatic hydroxyl groups is 1. The molecule has 3 unspecified atom stereocenters. The van der Waals surface area contributed by atoms with Gasteiger partial charge >= 0.3 is 5.97 Å². The maximum atomic E-state index is 11.3. The van der Waals surface area contributed by atoms with Crippen LogP contribution in [0.1, 0.15) is 19.4 Å². The van der Waals surface area contributed by atoms with Crippen molar-refractivity contribution in [3.8, 4) is 0 Å². The zero-order valence-electron chi connectivity index (χ0n) is 10.00. The lowest BCUT2D eigenvalue weighted by Crippen LogP contribution is -2.48. The van der Waals surface area contributed by atoms with E-state index in [0.29, 0.717) is 6.42 Å². The van der Waals surface area contributed by atoms with Crippen LogP contribution in [0, 0.1) is 0 Å². The largest absolute Gasteiger partial charge is 0.480 e. The summed E-state index contributed by atoms with van der Waals surface area (Å²) in [6.07, 6.45) is -0.0641. The van der Waals surface area contributed by atoms with E-state index in [1.54, 1.807) is 6.92 Å². The van der Waals surface area contributed by atoms with Gasteiger partial charge in [-0.3, -0.25) is 0 Å². The van der Waals surface area contributed by atoms with Crippen LogP contribution < -0.4 is 4.90 Å².